The number of carbonyl (C=O) groups is 2. The van der Waals surface area contributed by atoms with Crippen LogP contribution in [0.2, 0.25) is 0 Å². The summed E-state index contributed by atoms with van der Waals surface area (Å²) in [5.41, 5.74) is 5.18. The van der Waals surface area contributed by atoms with Crippen LogP contribution in [0.3, 0.4) is 0 Å². The van der Waals surface area contributed by atoms with E-state index in [-0.39, 0.29) is 30.3 Å². The van der Waals surface area contributed by atoms with E-state index in [4.69, 9.17) is 4.74 Å². The lowest BCUT2D eigenvalue weighted by molar-refractivity contribution is -0.123. The zero-order valence-electron chi connectivity index (χ0n) is 28.3. The predicted octanol–water partition coefficient (Wildman–Crippen LogP) is 6.91. The summed E-state index contributed by atoms with van der Waals surface area (Å²) in [7, 11) is 0. The maximum Gasteiger partial charge on any atom is 0.251 e. The van der Waals surface area contributed by atoms with Crippen LogP contribution in [-0.4, -0.2) is 52.2 Å². The number of aromatic nitrogens is 2. The maximum absolute atomic E-state index is 13.2. The van der Waals surface area contributed by atoms with Crippen molar-refractivity contribution in [1.82, 2.24) is 20.6 Å². The highest BCUT2D eigenvalue weighted by Gasteiger charge is 2.24. The van der Waals surface area contributed by atoms with Crippen molar-refractivity contribution in [3.8, 4) is 28.3 Å². The molecule has 1 aromatic heterocycles. The fourth-order valence-corrected chi connectivity index (χ4v) is 5.08. The lowest BCUT2D eigenvalue weighted by Crippen LogP contribution is -2.50. The van der Waals surface area contributed by atoms with Gasteiger partial charge in [0.1, 0.15) is 11.8 Å². The molecule has 8 heteroatoms. The molecule has 2 atom stereocenters. The van der Waals surface area contributed by atoms with Crippen molar-refractivity contribution in [3.05, 3.63) is 102 Å². The Hall–Kier alpha value is -4.56. The van der Waals surface area contributed by atoms with Gasteiger partial charge in [-0.1, -0.05) is 95.5 Å². The molecule has 0 spiro atoms. The van der Waals surface area contributed by atoms with E-state index in [2.05, 4.69) is 48.3 Å². The number of amides is 2. The Labute approximate surface area is 279 Å². The first-order valence-corrected chi connectivity index (χ1v) is 16.5. The lowest BCUT2D eigenvalue weighted by atomic mass is 9.86. The molecular formula is C39H48N4O4. The van der Waals surface area contributed by atoms with Crippen LogP contribution >= 0.6 is 0 Å². The van der Waals surface area contributed by atoms with Gasteiger partial charge in [0.25, 0.3) is 5.91 Å². The first-order chi connectivity index (χ1) is 22.6. The largest absolute Gasteiger partial charge is 0.494 e. The molecule has 0 saturated carbocycles. The number of nitrogens with zero attached hydrogens (tertiary/aromatic N) is 2. The topological polar surface area (TPSA) is 113 Å². The third-order valence-electron chi connectivity index (χ3n) is 8.06. The first-order valence-electron chi connectivity index (χ1n) is 16.5. The molecule has 47 heavy (non-hydrogen) atoms. The van der Waals surface area contributed by atoms with Crippen molar-refractivity contribution < 1.29 is 19.4 Å². The minimum Gasteiger partial charge on any atom is -0.494 e. The van der Waals surface area contributed by atoms with E-state index in [9.17, 15) is 14.7 Å². The Kier molecular flexibility index (Phi) is 12.6. The second-order valence-corrected chi connectivity index (χ2v) is 13.1. The number of rotatable bonds is 15. The van der Waals surface area contributed by atoms with Crippen LogP contribution in [0.1, 0.15) is 81.8 Å². The van der Waals surface area contributed by atoms with Crippen molar-refractivity contribution >= 4 is 11.8 Å². The molecule has 0 radical (unpaired) electrons. The first kappa shape index (κ1) is 35.3. The number of aliphatic hydroxyl groups is 1. The third kappa shape index (κ3) is 10.5. The summed E-state index contributed by atoms with van der Waals surface area (Å²) in [6, 6.07) is 21.8. The van der Waals surface area contributed by atoms with Gasteiger partial charge in [0.05, 0.1) is 13.2 Å². The van der Waals surface area contributed by atoms with Crippen LogP contribution in [0.25, 0.3) is 22.5 Å². The molecule has 0 bridgehead atoms. The number of hydrogen-bond acceptors (Lipinski definition) is 6. The van der Waals surface area contributed by atoms with E-state index in [1.165, 1.54) is 19.3 Å². The quantitative estimate of drug-likeness (QED) is 0.122. The van der Waals surface area contributed by atoms with Gasteiger partial charge in [-0.3, -0.25) is 9.59 Å². The molecule has 4 rings (SSSR count). The molecule has 0 unspecified atom stereocenters. The Morgan fingerprint density at radius 3 is 2.04 bits per heavy atom. The van der Waals surface area contributed by atoms with E-state index >= 15 is 0 Å². The van der Waals surface area contributed by atoms with Crippen LogP contribution < -0.4 is 15.4 Å². The van der Waals surface area contributed by atoms with Crippen LogP contribution in [-0.2, 0) is 16.6 Å². The summed E-state index contributed by atoms with van der Waals surface area (Å²) in [4.78, 5) is 35.5. The summed E-state index contributed by atoms with van der Waals surface area (Å²) >= 11 is 0. The molecule has 2 amide bonds. The molecule has 3 aromatic carbocycles. The lowest BCUT2D eigenvalue weighted by Gasteiger charge is -2.22. The van der Waals surface area contributed by atoms with Crippen LogP contribution in [0.5, 0.6) is 5.75 Å². The Morgan fingerprint density at radius 2 is 1.45 bits per heavy atom. The zero-order chi connectivity index (χ0) is 33.8. The van der Waals surface area contributed by atoms with Gasteiger partial charge in [0, 0.05) is 41.5 Å². The van der Waals surface area contributed by atoms with Crippen molar-refractivity contribution in [2.75, 3.05) is 13.2 Å². The van der Waals surface area contributed by atoms with Crippen molar-refractivity contribution in [2.45, 2.75) is 84.2 Å². The van der Waals surface area contributed by atoms with E-state index in [0.717, 1.165) is 46.6 Å². The summed E-state index contributed by atoms with van der Waals surface area (Å²) in [6.45, 7) is 10.8. The minimum atomic E-state index is -0.835. The van der Waals surface area contributed by atoms with Gasteiger partial charge in [-0.15, -0.1) is 0 Å². The number of carbonyl (C=O) groups excluding carboxylic acids is 2. The molecule has 0 aliphatic carbocycles. The molecule has 3 N–H and O–H groups in total. The number of benzene rings is 3. The summed E-state index contributed by atoms with van der Waals surface area (Å²) < 4.78 is 5.86. The van der Waals surface area contributed by atoms with Crippen LogP contribution in [0.15, 0.2) is 85.2 Å². The van der Waals surface area contributed by atoms with Gasteiger partial charge in [-0.25, -0.2) is 9.97 Å². The minimum absolute atomic E-state index is 0.0356. The average molecular weight is 637 g/mol. The maximum atomic E-state index is 13.2. The normalized spacial score (nSPS) is 12.6. The Bertz CT molecular complexity index is 1560. The zero-order valence-corrected chi connectivity index (χ0v) is 28.3. The molecule has 0 aliphatic rings. The number of hydrogen-bond donors (Lipinski definition) is 3. The van der Waals surface area contributed by atoms with E-state index in [1.807, 2.05) is 73.1 Å². The number of ether oxygens (including phenoxy) is 1. The van der Waals surface area contributed by atoms with Crippen molar-refractivity contribution in [3.63, 3.8) is 0 Å². The second-order valence-electron chi connectivity index (χ2n) is 13.1. The molecule has 4 aromatic rings. The molecule has 0 saturated heterocycles. The smallest absolute Gasteiger partial charge is 0.251 e. The summed E-state index contributed by atoms with van der Waals surface area (Å²) in [5, 5.41) is 15.1. The average Bonchev–Trinajstić information content (AvgIpc) is 3.08. The molecule has 8 nitrogen and oxygen atoms in total. The number of aliphatic hydroxyl groups excluding tert-OH is 1. The van der Waals surface area contributed by atoms with Gasteiger partial charge >= 0.3 is 0 Å². The van der Waals surface area contributed by atoms with E-state index < -0.39 is 12.1 Å². The van der Waals surface area contributed by atoms with Gasteiger partial charge in [0.2, 0.25) is 5.91 Å². The molecule has 248 valence electrons. The highest BCUT2D eigenvalue weighted by atomic mass is 16.5. The molecule has 1 heterocycles. The Morgan fingerprint density at radius 1 is 0.809 bits per heavy atom. The highest BCUT2D eigenvalue weighted by molar-refractivity contribution is 5.97. The van der Waals surface area contributed by atoms with Gasteiger partial charge in [-0.05, 0) is 59.7 Å². The Balaban J connectivity index is 1.40. The summed E-state index contributed by atoms with van der Waals surface area (Å²) in [6.07, 6.45) is 8.59. The predicted molar refractivity (Wildman–Crippen MR) is 187 cm³/mol. The standard InChI is InChI=1S/C39H48N4O4/c1-6-7-8-9-22-47-34-20-16-29(17-21-34)32-24-40-36(41-25-32)30-12-10-28(11-13-30)23-35(38(46)42-27(2)26-44)43-37(45)31-14-18-33(19-15-31)39(3,4)5/h10-21,24-25,27,35,44H,6-9,22-23,26H2,1-5H3,(H,42,46)(H,43,45)/t27-,35+/m1/s1. The monoisotopic (exact) mass is 636 g/mol. The van der Waals surface area contributed by atoms with Gasteiger partial charge < -0.3 is 20.5 Å². The summed E-state index contributed by atoms with van der Waals surface area (Å²) in [5.74, 6) is 0.753. The van der Waals surface area contributed by atoms with Crippen LogP contribution in [0, 0.1) is 0 Å². The van der Waals surface area contributed by atoms with E-state index in [0.29, 0.717) is 11.4 Å². The fraction of sp³-hybridized carbons (Fsp3) is 0.385. The number of unbranched alkanes of at least 4 members (excludes halogenated alkanes) is 3. The van der Waals surface area contributed by atoms with Gasteiger partial charge in [-0.2, -0.15) is 0 Å². The van der Waals surface area contributed by atoms with E-state index in [1.54, 1.807) is 19.1 Å². The second kappa shape index (κ2) is 16.8. The molecular weight excluding hydrogens is 588 g/mol. The molecule has 0 fully saturated rings. The van der Waals surface area contributed by atoms with Crippen LogP contribution in [0.4, 0.5) is 0 Å². The third-order valence-corrected chi connectivity index (χ3v) is 8.06. The van der Waals surface area contributed by atoms with Crippen molar-refractivity contribution in [2.24, 2.45) is 0 Å². The van der Waals surface area contributed by atoms with Gasteiger partial charge in [0.15, 0.2) is 5.82 Å². The van der Waals surface area contributed by atoms with Crippen molar-refractivity contribution in [1.29, 1.82) is 0 Å². The fourth-order valence-electron chi connectivity index (χ4n) is 5.08. The number of nitrogens with one attached hydrogen (secondary N) is 2. The highest BCUT2D eigenvalue weighted by Crippen LogP contribution is 2.24. The molecule has 0 aliphatic heterocycles. The SMILES string of the molecule is CCCCCCOc1ccc(-c2cnc(-c3ccc(C[C@H](NC(=O)c4ccc(C(C)(C)C)cc4)C(=O)N[C@H](C)CO)cc3)nc2)cc1.